The van der Waals surface area contributed by atoms with Crippen molar-refractivity contribution in [2.75, 3.05) is 19.7 Å². The van der Waals surface area contributed by atoms with Gasteiger partial charge in [0.25, 0.3) is 0 Å². The average Bonchev–Trinajstić information content (AvgIpc) is 3.11. The second-order valence-electron chi connectivity index (χ2n) is 6.40. The molecule has 0 amide bonds. The van der Waals surface area contributed by atoms with Crippen LogP contribution < -0.4 is 4.74 Å². The molecule has 25 heavy (non-hydrogen) atoms. The van der Waals surface area contributed by atoms with Crippen LogP contribution in [0.5, 0.6) is 5.75 Å². The van der Waals surface area contributed by atoms with E-state index in [4.69, 9.17) is 4.74 Å². The van der Waals surface area contributed by atoms with Gasteiger partial charge in [-0.1, -0.05) is 30.3 Å². The zero-order valence-electron chi connectivity index (χ0n) is 14.3. The van der Waals surface area contributed by atoms with Crippen LogP contribution in [0, 0.1) is 12.8 Å². The third kappa shape index (κ3) is 4.03. The maximum Gasteiger partial charge on any atom is 0.243 e. The van der Waals surface area contributed by atoms with Crippen LogP contribution in [0.15, 0.2) is 53.4 Å². The Labute approximate surface area is 148 Å². The van der Waals surface area contributed by atoms with Gasteiger partial charge in [0.2, 0.25) is 10.0 Å². The predicted octanol–water partition coefficient (Wildman–Crippen LogP) is 2.58. The largest absolute Gasteiger partial charge is 0.489 e. The van der Waals surface area contributed by atoms with E-state index in [9.17, 15) is 13.5 Å². The minimum atomic E-state index is -3.52. The number of aryl methyl sites for hydroxylation is 1. The molecular weight excluding hydrogens is 338 g/mol. The molecule has 0 unspecified atom stereocenters. The van der Waals surface area contributed by atoms with Crippen LogP contribution in [0.2, 0.25) is 0 Å². The Morgan fingerprint density at radius 1 is 1.20 bits per heavy atom. The van der Waals surface area contributed by atoms with E-state index in [1.807, 2.05) is 37.3 Å². The van der Waals surface area contributed by atoms with Crippen LogP contribution in [0.25, 0.3) is 0 Å². The molecule has 5 nitrogen and oxygen atoms in total. The van der Waals surface area contributed by atoms with E-state index in [1.165, 1.54) is 4.31 Å². The summed E-state index contributed by atoms with van der Waals surface area (Å²) in [6.07, 6.45) is 0.701. The van der Waals surface area contributed by atoms with Gasteiger partial charge >= 0.3 is 0 Å². The van der Waals surface area contributed by atoms with E-state index < -0.39 is 10.0 Å². The van der Waals surface area contributed by atoms with E-state index >= 15 is 0 Å². The van der Waals surface area contributed by atoms with Crippen molar-refractivity contribution in [1.29, 1.82) is 0 Å². The van der Waals surface area contributed by atoms with Gasteiger partial charge in [0.1, 0.15) is 12.4 Å². The minimum Gasteiger partial charge on any atom is -0.489 e. The first-order valence-electron chi connectivity index (χ1n) is 8.39. The first-order chi connectivity index (χ1) is 12.0. The molecule has 2 aromatic rings. The molecule has 2 aromatic carbocycles. The summed E-state index contributed by atoms with van der Waals surface area (Å²) in [7, 11) is -3.52. The molecule has 3 rings (SSSR count). The fourth-order valence-corrected chi connectivity index (χ4v) is 4.61. The second-order valence-corrected chi connectivity index (χ2v) is 8.34. The number of benzene rings is 2. The standard InChI is InChI=1S/C19H23NO4S/c1-15-11-18(25(22,23)20-10-9-17(12-20)13-21)7-8-19(15)24-14-16-5-3-2-4-6-16/h2-8,11,17,21H,9-10,12-14H2,1H3/t17-/m0/s1. The average molecular weight is 361 g/mol. The number of hydrogen-bond donors (Lipinski definition) is 1. The van der Waals surface area contributed by atoms with Gasteiger partial charge in [0, 0.05) is 19.7 Å². The van der Waals surface area contributed by atoms with Gasteiger partial charge in [0.15, 0.2) is 0 Å². The van der Waals surface area contributed by atoms with E-state index in [0.717, 1.165) is 11.1 Å². The molecule has 0 saturated carbocycles. The lowest BCUT2D eigenvalue weighted by Gasteiger charge is -2.17. The molecule has 0 aliphatic carbocycles. The third-order valence-electron chi connectivity index (χ3n) is 4.53. The molecule has 0 spiro atoms. The van der Waals surface area contributed by atoms with Crippen molar-refractivity contribution in [2.45, 2.75) is 24.8 Å². The van der Waals surface area contributed by atoms with Crippen molar-refractivity contribution in [2.24, 2.45) is 5.92 Å². The quantitative estimate of drug-likeness (QED) is 0.859. The molecule has 1 fully saturated rings. The lowest BCUT2D eigenvalue weighted by Crippen LogP contribution is -2.29. The van der Waals surface area contributed by atoms with Gasteiger partial charge in [-0.2, -0.15) is 4.31 Å². The van der Waals surface area contributed by atoms with E-state index in [-0.39, 0.29) is 17.4 Å². The fraction of sp³-hybridized carbons (Fsp3) is 0.368. The van der Waals surface area contributed by atoms with Crippen LogP contribution in [-0.4, -0.2) is 37.5 Å². The summed E-state index contributed by atoms with van der Waals surface area (Å²) in [5.41, 5.74) is 1.85. The number of rotatable bonds is 6. The number of sulfonamides is 1. The molecular formula is C19H23NO4S. The highest BCUT2D eigenvalue weighted by Gasteiger charge is 2.32. The maximum atomic E-state index is 12.7. The molecule has 1 aliphatic heterocycles. The summed E-state index contributed by atoms with van der Waals surface area (Å²) >= 11 is 0. The molecule has 1 N–H and O–H groups in total. The Balaban J connectivity index is 1.73. The van der Waals surface area contributed by atoms with Gasteiger partial charge in [-0.3, -0.25) is 0 Å². The maximum absolute atomic E-state index is 12.7. The highest BCUT2D eigenvalue weighted by atomic mass is 32.2. The van der Waals surface area contributed by atoms with Gasteiger partial charge in [-0.05, 0) is 48.6 Å². The van der Waals surface area contributed by atoms with Crippen molar-refractivity contribution < 1.29 is 18.3 Å². The molecule has 0 aromatic heterocycles. The lowest BCUT2D eigenvalue weighted by molar-refractivity contribution is 0.233. The van der Waals surface area contributed by atoms with Gasteiger partial charge in [-0.15, -0.1) is 0 Å². The summed E-state index contributed by atoms with van der Waals surface area (Å²) in [5.74, 6) is 0.710. The molecule has 1 saturated heterocycles. The summed E-state index contributed by atoms with van der Waals surface area (Å²) in [5, 5.41) is 9.22. The lowest BCUT2D eigenvalue weighted by atomic mass is 10.1. The topological polar surface area (TPSA) is 66.8 Å². The van der Waals surface area contributed by atoms with Crippen LogP contribution in [-0.2, 0) is 16.6 Å². The van der Waals surface area contributed by atoms with Crippen LogP contribution in [0.1, 0.15) is 17.5 Å². The normalized spacial score (nSPS) is 18.4. The molecule has 1 atom stereocenters. The van der Waals surface area contributed by atoms with Crippen LogP contribution in [0.4, 0.5) is 0 Å². The number of nitrogens with zero attached hydrogens (tertiary/aromatic N) is 1. The minimum absolute atomic E-state index is 0.0251. The highest BCUT2D eigenvalue weighted by molar-refractivity contribution is 7.89. The Morgan fingerprint density at radius 3 is 2.60 bits per heavy atom. The molecule has 134 valence electrons. The Hall–Kier alpha value is -1.89. The first-order valence-corrected chi connectivity index (χ1v) is 9.83. The zero-order valence-corrected chi connectivity index (χ0v) is 15.1. The summed E-state index contributed by atoms with van der Waals surface area (Å²) in [6.45, 7) is 3.15. The number of aliphatic hydroxyl groups excluding tert-OH is 1. The molecule has 1 aliphatic rings. The fourth-order valence-electron chi connectivity index (χ4n) is 2.99. The van der Waals surface area contributed by atoms with Crippen LogP contribution in [0.3, 0.4) is 0 Å². The predicted molar refractivity (Wildman–Crippen MR) is 95.9 cm³/mol. The molecule has 0 radical (unpaired) electrons. The summed E-state index contributed by atoms with van der Waals surface area (Å²) < 4.78 is 32.7. The smallest absolute Gasteiger partial charge is 0.243 e. The molecule has 0 bridgehead atoms. The van der Waals surface area contributed by atoms with Crippen molar-refractivity contribution >= 4 is 10.0 Å². The number of ether oxygens (including phenoxy) is 1. The molecule has 6 heteroatoms. The van der Waals surface area contributed by atoms with Crippen molar-refractivity contribution in [3.8, 4) is 5.75 Å². The van der Waals surface area contributed by atoms with Crippen LogP contribution >= 0.6 is 0 Å². The zero-order chi connectivity index (χ0) is 17.9. The van der Waals surface area contributed by atoms with Gasteiger partial charge < -0.3 is 9.84 Å². The van der Waals surface area contributed by atoms with Crippen molar-refractivity contribution in [3.05, 3.63) is 59.7 Å². The molecule has 1 heterocycles. The monoisotopic (exact) mass is 361 g/mol. The Morgan fingerprint density at radius 2 is 1.96 bits per heavy atom. The first kappa shape index (κ1) is 17.9. The van der Waals surface area contributed by atoms with Crippen molar-refractivity contribution in [1.82, 2.24) is 4.31 Å². The van der Waals surface area contributed by atoms with E-state index in [1.54, 1.807) is 18.2 Å². The number of hydrogen-bond acceptors (Lipinski definition) is 4. The van der Waals surface area contributed by atoms with E-state index in [0.29, 0.717) is 31.9 Å². The Bertz CT molecular complexity index is 821. The van der Waals surface area contributed by atoms with E-state index in [2.05, 4.69) is 0 Å². The SMILES string of the molecule is Cc1cc(S(=O)(=O)N2CC[C@H](CO)C2)ccc1OCc1ccccc1. The Kier molecular flexibility index (Phi) is 5.42. The highest BCUT2D eigenvalue weighted by Crippen LogP contribution is 2.28. The van der Waals surface area contributed by atoms with Crippen molar-refractivity contribution in [3.63, 3.8) is 0 Å². The second kappa shape index (κ2) is 7.56. The third-order valence-corrected chi connectivity index (χ3v) is 6.39. The summed E-state index contributed by atoms with van der Waals surface area (Å²) in [4.78, 5) is 0.274. The summed E-state index contributed by atoms with van der Waals surface area (Å²) in [6, 6.07) is 14.8. The number of aliphatic hydroxyl groups is 1. The van der Waals surface area contributed by atoms with Gasteiger partial charge in [0.05, 0.1) is 4.90 Å². The van der Waals surface area contributed by atoms with Gasteiger partial charge in [-0.25, -0.2) is 8.42 Å².